The molecule has 25 heavy (non-hydrogen) atoms. The number of anilines is 1. The maximum absolute atomic E-state index is 11.2. The summed E-state index contributed by atoms with van der Waals surface area (Å²) in [6, 6.07) is 12.5. The van der Waals surface area contributed by atoms with Crippen LogP contribution in [0.15, 0.2) is 48.8 Å². The highest BCUT2D eigenvalue weighted by Crippen LogP contribution is 2.30. The maximum Gasteiger partial charge on any atom is 0.221 e. The van der Waals surface area contributed by atoms with Crippen molar-refractivity contribution in [3.8, 4) is 0 Å². The molecule has 1 aliphatic rings. The summed E-state index contributed by atoms with van der Waals surface area (Å²) in [5.41, 5.74) is 3.55. The monoisotopic (exact) mass is 337 g/mol. The van der Waals surface area contributed by atoms with Crippen LogP contribution in [0.2, 0.25) is 0 Å². The molecule has 1 N–H and O–H groups in total. The molecule has 1 saturated heterocycles. The molecule has 4 nitrogen and oxygen atoms in total. The van der Waals surface area contributed by atoms with Gasteiger partial charge in [-0.2, -0.15) is 0 Å². The molecule has 3 rings (SSSR count). The van der Waals surface area contributed by atoms with Crippen molar-refractivity contribution in [1.29, 1.82) is 0 Å². The van der Waals surface area contributed by atoms with Gasteiger partial charge in [0.05, 0.1) is 0 Å². The fourth-order valence-corrected chi connectivity index (χ4v) is 3.68. The van der Waals surface area contributed by atoms with Gasteiger partial charge in [-0.3, -0.25) is 9.78 Å². The number of nitrogens with zero attached hydrogens (tertiary/aromatic N) is 2. The number of piperidine rings is 1. The SMILES string of the molecule is CC(=O)Nc1cccc(C2CCN(CC(C)c3cccnc3)CC2)c1. The highest BCUT2D eigenvalue weighted by atomic mass is 16.1. The normalized spacial score (nSPS) is 17.2. The topological polar surface area (TPSA) is 45.2 Å². The molecule has 2 heterocycles. The van der Waals surface area contributed by atoms with E-state index in [0.717, 1.165) is 25.3 Å². The van der Waals surface area contributed by atoms with Gasteiger partial charge in [-0.05, 0) is 67.1 Å². The van der Waals surface area contributed by atoms with Crippen LogP contribution in [0.25, 0.3) is 0 Å². The molecule has 0 aliphatic carbocycles. The van der Waals surface area contributed by atoms with Crippen molar-refractivity contribution >= 4 is 11.6 Å². The van der Waals surface area contributed by atoms with E-state index in [1.165, 1.54) is 24.0 Å². The number of likely N-dealkylation sites (tertiary alicyclic amines) is 1. The fourth-order valence-electron chi connectivity index (χ4n) is 3.68. The van der Waals surface area contributed by atoms with Crippen LogP contribution in [-0.4, -0.2) is 35.4 Å². The minimum absolute atomic E-state index is 0.0173. The molecule has 1 amide bonds. The van der Waals surface area contributed by atoms with Crippen molar-refractivity contribution < 1.29 is 4.79 Å². The van der Waals surface area contributed by atoms with E-state index in [9.17, 15) is 4.79 Å². The third kappa shape index (κ3) is 4.89. The standard InChI is InChI=1S/C21H27N3O/c1-16(20-6-4-10-22-14-20)15-24-11-8-18(9-12-24)19-5-3-7-21(13-19)23-17(2)25/h3-7,10,13-14,16,18H,8-9,11-12,15H2,1-2H3,(H,23,25). The summed E-state index contributed by atoms with van der Waals surface area (Å²) in [6.07, 6.45) is 6.15. The Hall–Kier alpha value is -2.20. The van der Waals surface area contributed by atoms with Crippen LogP contribution in [0.4, 0.5) is 5.69 Å². The molecule has 132 valence electrons. The molecule has 1 fully saturated rings. The molecule has 1 atom stereocenters. The van der Waals surface area contributed by atoms with Crippen molar-refractivity contribution in [2.75, 3.05) is 25.0 Å². The summed E-state index contributed by atoms with van der Waals surface area (Å²) in [6.45, 7) is 7.16. The van der Waals surface area contributed by atoms with E-state index in [4.69, 9.17) is 0 Å². The number of amides is 1. The average Bonchev–Trinajstić information content (AvgIpc) is 2.63. The van der Waals surface area contributed by atoms with Crippen LogP contribution in [-0.2, 0) is 4.79 Å². The minimum atomic E-state index is -0.0173. The summed E-state index contributed by atoms with van der Waals surface area (Å²) >= 11 is 0. The molecule has 0 saturated carbocycles. The Morgan fingerprint density at radius 2 is 2.08 bits per heavy atom. The maximum atomic E-state index is 11.2. The van der Waals surface area contributed by atoms with Crippen LogP contribution >= 0.6 is 0 Å². The highest BCUT2D eigenvalue weighted by molar-refractivity contribution is 5.88. The van der Waals surface area contributed by atoms with Gasteiger partial charge in [-0.15, -0.1) is 0 Å². The van der Waals surface area contributed by atoms with E-state index in [1.54, 1.807) is 6.92 Å². The molecule has 1 aromatic heterocycles. The van der Waals surface area contributed by atoms with E-state index in [0.29, 0.717) is 11.8 Å². The Morgan fingerprint density at radius 3 is 2.76 bits per heavy atom. The van der Waals surface area contributed by atoms with Crippen molar-refractivity contribution in [2.45, 2.75) is 38.5 Å². The van der Waals surface area contributed by atoms with Gasteiger partial charge in [0.1, 0.15) is 0 Å². The number of nitrogens with one attached hydrogen (secondary N) is 1. The van der Waals surface area contributed by atoms with Crippen LogP contribution in [0, 0.1) is 0 Å². The smallest absolute Gasteiger partial charge is 0.221 e. The molecule has 2 aromatic rings. The van der Waals surface area contributed by atoms with E-state index in [2.05, 4.69) is 40.3 Å². The molecule has 1 aliphatic heterocycles. The van der Waals surface area contributed by atoms with Crippen molar-refractivity contribution in [2.24, 2.45) is 0 Å². The fraction of sp³-hybridized carbons (Fsp3) is 0.429. The summed E-state index contributed by atoms with van der Waals surface area (Å²) < 4.78 is 0. The Bertz CT molecular complexity index is 693. The number of carbonyl (C=O) groups is 1. The second-order valence-corrected chi connectivity index (χ2v) is 7.07. The number of aromatic nitrogens is 1. The Labute approximate surface area is 150 Å². The third-order valence-corrected chi connectivity index (χ3v) is 5.05. The first-order valence-corrected chi connectivity index (χ1v) is 9.11. The molecule has 1 unspecified atom stereocenters. The number of carbonyl (C=O) groups excluding carboxylic acids is 1. The average molecular weight is 337 g/mol. The van der Waals surface area contributed by atoms with Crippen LogP contribution in [0.1, 0.15) is 49.7 Å². The molecule has 1 aromatic carbocycles. The highest BCUT2D eigenvalue weighted by Gasteiger charge is 2.22. The van der Waals surface area contributed by atoms with Crippen molar-refractivity contribution in [3.63, 3.8) is 0 Å². The van der Waals surface area contributed by atoms with Crippen molar-refractivity contribution in [3.05, 3.63) is 59.9 Å². The Balaban J connectivity index is 1.54. The van der Waals surface area contributed by atoms with Gasteiger partial charge < -0.3 is 10.2 Å². The molecule has 0 radical (unpaired) electrons. The minimum Gasteiger partial charge on any atom is -0.326 e. The van der Waals surface area contributed by atoms with Gasteiger partial charge in [0.2, 0.25) is 5.91 Å². The second-order valence-electron chi connectivity index (χ2n) is 7.07. The van der Waals surface area contributed by atoms with Gasteiger partial charge in [-0.1, -0.05) is 25.1 Å². The third-order valence-electron chi connectivity index (χ3n) is 5.05. The first kappa shape index (κ1) is 17.6. The zero-order valence-electron chi connectivity index (χ0n) is 15.1. The van der Waals surface area contributed by atoms with E-state index in [1.807, 2.05) is 30.6 Å². The summed E-state index contributed by atoms with van der Waals surface area (Å²) in [5, 5.41) is 2.88. The van der Waals surface area contributed by atoms with Crippen LogP contribution < -0.4 is 5.32 Å². The van der Waals surface area contributed by atoms with Crippen LogP contribution in [0.3, 0.4) is 0 Å². The van der Waals surface area contributed by atoms with E-state index >= 15 is 0 Å². The molecule has 4 heteroatoms. The Kier molecular flexibility index (Phi) is 5.82. The van der Waals surface area contributed by atoms with Crippen molar-refractivity contribution in [1.82, 2.24) is 9.88 Å². The molecular weight excluding hydrogens is 310 g/mol. The summed E-state index contributed by atoms with van der Waals surface area (Å²) in [7, 11) is 0. The number of hydrogen-bond donors (Lipinski definition) is 1. The zero-order valence-corrected chi connectivity index (χ0v) is 15.1. The van der Waals surface area contributed by atoms with Gasteiger partial charge in [0, 0.05) is 31.5 Å². The summed E-state index contributed by atoms with van der Waals surface area (Å²) in [4.78, 5) is 18.0. The lowest BCUT2D eigenvalue weighted by Crippen LogP contribution is -2.35. The zero-order chi connectivity index (χ0) is 17.6. The largest absolute Gasteiger partial charge is 0.326 e. The first-order valence-electron chi connectivity index (χ1n) is 9.11. The predicted octanol–water partition coefficient (Wildman–Crippen LogP) is 4.02. The predicted molar refractivity (Wildman–Crippen MR) is 102 cm³/mol. The van der Waals surface area contributed by atoms with Crippen LogP contribution in [0.5, 0.6) is 0 Å². The molecular formula is C21H27N3O. The van der Waals surface area contributed by atoms with Gasteiger partial charge in [0.15, 0.2) is 0 Å². The van der Waals surface area contributed by atoms with Gasteiger partial charge in [-0.25, -0.2) is 0 Å². The van der Waals surface area contributed by atoms with Gasteiger partial charge >= 0.3 is 0 Å². The number of hydrogen-bond acceptors (Lipinski definition) is 3. The van der Waals surface area contributed by atoms with E-state index < -0.39 is 0 Å². The number of benzene rings is 1. The lowest BCUT2D eigenvalue weighted by Gasteiger charge is -2.34. The van der Waals surface area contributed by atoms with E-state index in [-0.39, 0.29) is 5.91 Å². The molecule has 0 bridgehead atoms. The molecule has 0 spiro atoms. The first-order chi connectivity index (χ1) is 12.1. The lowest BCUT2D eigenvalue weighted by molar-refractivity contribution is -0.114. The second kappa shape index (κ2) is 8.26. The Morgan fingerprint density at radius 1 is 1.28 bits per heavy atom. The number of rotatable bonds is 5. The summed E-state index contributed by atoms with van der Waals surface area (Å²) in [5.74, 6) is 1.07. The number of pyridine rings is 1. The lowest BCUT2D eigenvalue weighted by atomic mass is 9.88. The van der Waals surface area contributed by atoms with Gasteiger partial charge in [0.25, 0.3) is 0 Å². The quantitative estimate of drug-likeness (QED) is 0.896.